The molecule has 1 fully saturated rings. The maximum absolute atomic E-state index is 14.3. The summed E-state index contributed by atoms with van der Waals surface area (Å²) in [6.45, 7) is 4.64. The zero-order valence-corrected chi connectivity index (χ0v) is 27.2. The third-order valence-corrected chi connectivity index (χ3v) is 7.68. The van der Waals surface area contributed by atoms with E-state index in [2.05, 4.69) is 26.6 Å². The van der Waals surface area contributed by atoms with Gasteiger partial charge in [0.2, 0.25) is 29.5 Å². The van der Waals surface area contributed by atoms with Crippen molar-refractivity contribution in [1.82, 2.24) is 31.5 Å². The molecule has 1 aliphatic rings. The molecule has 1 heterocycles. The number of nitrogens with zero attached hydrogens (tertiary/aromatic N) is 1. The number of hydrogen-bond acceptors (Lipinski definition) is 7. The average Bonchev–Trinajstić information content (AvgIpc) is 3.03. The molecule has 0 radical (unpaired) electrons. The lowest BCUT2D eigenvalue weighted by atomic mass is 10.0. The fourth-order valence-electron chi connectivity index (χ4n) is 5.05. The first-order chi connectivity index (χ1) is 22.3. The molecule has 13 nitrogen and oxygen atoms in total. The average molecular weight is 655 g/mol. The molecule has 0 saturated carbocycles. The fourth-order valence-corrected chi connectivity index (χ4v) is 5.05. The van der Waals surface area contributed by atoms with Gasteiger partial charge in [-0.2, -0.15) is 0 Å². The van der Waals surface area contributed by atoms with E-state index < -0.39 is 71.3 Å². The first kappa shape index (κ1) is 36.5. The molecule has 1 aliphatic heterocycles. The Morgan fingerprint density at radius 2 is 1.68 bits per heavy atom. The normalized spacial score (nSPS) is 22.3. The summed E-state index contributed by atoms with van der Waals surface area (Å²) in [6, 6.07) is 8.42. The summed E-state index contributed by atoms with van der Waals surface area (Å²) < 4.78 is 19.3. The molecule has 2 aromatic rings. The van der Waals surface area contributed by atoms with E-state index in [0.717, 1.165) is 11.6 Å². The van der Waals surface area contributed by atoms with Crippen LogP contribution in [0.25, 0.3) is 0 Å². The van der Waals surface area contributed by atoms with Crippen molar-refractivity contribution in [3.05, 3.63) is 65.5 Å². The van der Waals surface area contributed by atoms with Gasteiger partial charge in [0.05, 0.1) is 19.2 Å². The highest BCUT2D eigenvalue weighted by molar-refractivity contribution is 6.00. The highest BCUT2D eigenvalue weighted by atomic mass is 19.1. The Morgan fingerprint density at radius 1 is 0.979 bits per heavy atom. The van der Waals surface area contributed by atoms with Crippen LogP contribution in [0.1, 0.15) is 49.5 Å². The molecule has 254 valence electrons. The van der Waals surface area contributed by atoms with E-state index in [0.29, 0.717) is 0 Å². The Morgan fingerprint density at radius 3 is 2.34 bits per heavy atom. The number of hydrogen-bond donors (Lipinski definition) is 5. The Balaban J connectivity index is 1.87. The quantitative estimate of drug-likeness (QED) is 0.304. The van der Waals surface area contributed by atoms with Crippen LogP contribution in [0.5, 0.6) is 5.75 Å². The first-order valence-electron chi connectivity index (χ1n) is 15.4. The lowest BCUT2D eigenvalue weighted by Crippen LogP contribution is -2.59. The van der Waals surface area contributed by atoms with E-state index in [4.69, 9.17) is 4.74 Å². The Labute approximate surface area is 273 Å². The number of carbonyl (C=O) groups excluding carboxylic acids is 6. The van der Waals surface area contributed by atoms with Crippen LogP contribution in [0.2, 0.25) is 0 Å². The maximum Gasteiger partial charge on any atom is 0.255 e. The van der Waals surface area contributed by atoms with Crippen LogP contribution in [-0.4, -0.2) is 91.8 Å². The van der Waals surface area contributed by atoms with Gasteiger partial charge in [-0.3, -0.25) is 28.8 Å². The minimum atomic E-state index is -1.19. The smallest absolute Gasteiger partial charge is 0.255 e. The maximum atomic E-state index is 14.3. The van der Waals surface area contributed by atoms with Gasteiger partial charge in [-0.1, -0.05) is 50.2 Å². The molecule has 1 saturated heterocycles. The minimum absolute atomic E-state index is 0.0364. The van der Waals surface area contributed by atoms with Gasteiger partial charge in [-0.15, -0.1) is 0 Å². The van der Waals surface area contributed by atoms with E-state index in [9.17, 15) is 33.2 Å². The standard InChI is InChI=1S/C33H43FN6O7/c1-19(2)27-32(45)36-20(3)29(42)38-25(17-21-11-7-6-8-12-21)33(46)40(4)18-26(41)35-16-10-15-24(31(44)39-27)37-30(43)22-13-9-14-23(34)28(22)47-5/h6-9,11-14,19-20,24-25,27H,10,15-18H2,1-5H3,(H,35,41)(H,36,45)(H,37,43)(H,38,42)(H,39,44)/t20-,24+,25+,27-/m1/s1. The molecular formula is C33H43FN6O7. The molecule has 14 heteroatoms. The molecule has 47 heavy (non-hydrogen) atoms. The molecule has 0 aromatic heterocycles. The third kappa shape index (κ3) is 10.2. The SMILES string of the molecule is COc1c(F)cccc1C(=O)N[C@H]1CCCNC(=O)CN(C)C(=O)[C@H](Cc2ccccc2)NC(=O)[C@@H](C)NC(=O)[C@@H](C(C)C)NC1=O. The van der Waals surface area contributed by atoms with Gasteiger partial charge in [0.15, 0.2) is 11.6 Å². The molecule has 4 atom stereocenters. The van der Waals surface area contributed by atoms with Crippen molar-refractivity contribution in [3.63, 3.8) is 0 Å². The molecule has 2 aromatic carbocycles. The van der Waals surface area contributed by atoms with Gasteiger partial charge in [-0.05, 0) is 43.4 Å². The Bertz CT molecular complexity index is 1450. The van der Waals surface area contributed by atoms with Crippen LogP contribution in [0.4, 0.5) is 4.39 Å². The summed E-state index contributed by atoms with van der Waals surface area (Å²) in [5.74, 6) is -5.23. The fraction of sp³-hybridized carbons (Fsp3) is 0.455. The van der Waals surface area contributed by atoms with Crippen molar-refractivity contribution in [2.75, 3.05) is 27.2 Å². The number of halogens is 1. The number of amides is 6. The molecular weight excluding hydrogens is 611 g/mol. The van der Waals surface area contributed by atoms with Crippen LogP contribution >= 0.6 is 0 Å². The van der Waals surface area contributed by atoms with Gasteiger partial charge < -0.3 is 36.2 Å². The number of methoxy groups -OCH3 is 1. The predicted molar refractivity (Wildman–Crippen MR) is 171 cm³/mol. The second kappa shape index (κ2) is 17.1. The van der Waals surface area contributed by atoms with Gasteiger partial charge in [-0.25, -0.2) is 4.39 Å². The molecule has 0 aliphatic carbocycles. The van der Waals surface area contributed by atoms with E-state index in [1.165, 1.54) is 38.1 Å². The summed E-state index contributed by atoms with van der Waals surface area (Å²) in [4.78, 5) is 80.7. The van der Waals surface area contributed by atoms with Crippen LogP contribution in [0, 0.1) is 11.7 Å². The van der Waals surface area contributed by atoms with Gasteiger partial charge in [0, 0.05) is 20.0 Å². The lowest BCUT2D eigenvalue weighted by Gasteiger charge is -2.28. The Kier molecular flexibility index (Phi) is 13.2. The summed E-state index contributed by atoms with van der Waals surface area (Å²) in [5, 5.41) is 13.3. The van der Waals surface area contributed by atoms with Crippen molar-refractivity contribution >= 4 is 35.4 Å². The summed E-state index contributed by atoms with van der Waals surface area (Å²) >= 11 is 0. The van der Waals surface area contributed by atoms with Gasteiger partial charge >= 0.3 is 0 Å². The number of carbonyl (C=O) groups is 6. The number of benzene rings is 2. The summed E-state index contributed by atoms with van der Waals surface area (Å²) in [5.41, 5.74) is 0.646. The van der Waals surface area contributed by atoms with Crippen molar-refractivity contribution in [3.8, 4) is 5.75 Å². The van der Waals surface area contributed by atoms with Crippen LogP contribution in [-0.2, 0) is 30.4 Å². The third-order valence-electron chi connectivity index (χ3n) is 7.68. The van der Waals surface area contributed by atoms with Crippen LogP contribution in [0.3, 0.4) is 0 Å². The predicted octanol–water partition coefficient (Wildman–Crippen LogP) is 0.674. The molecule has 5 N–H and O–H groups in total. The number of para-hydroxylation sites is 1. The summed E-state index contributed by atoms with van der Waals surface area (Å²) in [7, 11) is 2.65. The number of nitrogens with one attached hydrogen (secondary N) is 5. The van der Waals surface area contributed by atoms with Crippen LogP contribution in [0.15, 0.2) is 48.5 Å². The molecule has 0 bridgehead atoms. The zero-order valence-electron chi connectivity index (χ0n) is 27.2. The number of rotatable bonds is 6. The highest BCUT2D eigenvalue weighted by Crippen LogP contribution is 2.22. The molecule has 3 rings (SSSR count). The zero-order chi connectivity index (χ0) is 34.7. The second-order valence-electron chi connectivity index (χ2n) is 11.7. The molecule has 6 amide bonds. The van der Waals surface area contributed by atoms with Crippen molar-refractivity contribution < 1.29 is 37.9 Å². The lowest BCUT2D eigenvalue weighted by molar-refractivity contribution is -0.139. The largest absolute Gasteiger partial charge is 0.493 e. The van der Waals surface area contributed by atoms with Crippen molar-refractivity contribution in [2.24, 2.45) is 5.92 Å². The topological polar surface area (TPSA) is 175 Å². The summed E-state index contributed by atoms with van der Waals surface area (Å²) in [6.07, 6.45) is 0.413. The van der Waals surface area contributed by atoms with E-state index in [1.807, 2.05) is 18.2 Å². The first-order valence-corrected chi connectivity index (χ1v) is 15.4. The number of ether oxygens (including phenoxy) is 1. The molecule has 0 unspecified atom stereocenters. The minimum Gasteiger partial charge on any atom is -0.493 e. The highest BCUT2D eigenvalue weighted by Gasteiger charge is 2.33. The molecule has 0 spiro atoms. The second-order valence-corrected chi connectivity index (χ2v) is 11.7. The van der Waals surface area contributed by atoms with Gasteiger partial charge in [0.1, 0.15) is 24.2 Å². The monoisotopic (exact) mass is 654 g/mol. The van der Waals surface area contributed by atoms with Crippen molar-refractivity contribution in [2.45, 2.75) is 64.2 Å². The van der Waals surface area contributed by atoms with E-state index in [1.54, 1.807) is 26.0 Å². The Hall–Kier alpha value is -5.01. The van der Waals surface area contributed by atoms with E-state index >= 15 is 0 Å². The van der Waals surface area contributed by atoms with Crippen LogP contribution < -0.4 is 31.3 Å². The number of likely N-dealkylation sites (N-methyl/N-ethyl adjacent to an activating group) is 1. The van der Waals surface area contributed by atoms with E-state index in [-0.39, 0.29) is 43.7 Å². The van der Waals surface area contributed by atoms with Gasteiger partial charge in [0.25, 0.3) is 5.91 Å². The van der Waals surface area contributed by atoms with Crippen molar-refractivity contribution in [1.29, 1.82) is 0 Å².